The number of hydrogen-bond acceptors (Lipinski definition) is 3. The van der Waals surface area contributed by atoms with E-state index < -0.39 is 17.6 Å². The molecule has 1 aromatic carbocycles. The first-order valence-electron chi connectivity index (χ1n) is 11.2. The molecule has 6 nitrogen and oxygen atoms in total. The van der Waals surface area contributed by atoms with Crippen LogP contribution in [0.2, 0.25) is 5.02 Å². The van der Waals surface area contributed by atoms with Crippen LogP contribution in [-0.4, -0.2) is 34.3 Å². The summed E-state index contributed by atoms with van der Waals surface area (Å²) in [6.07, 6.45) is 7.24. The molecule has 31 heavy (non-hydrogen) atoms. The number of rotatable bonds is 4. The lowest BCUT2D eigenvalue weighted by Gasteiger charge is -2.39. The van der Waals surface area contributed by atoms with Crippen molar-refractivity contribution in [1.82, 2.24) is 15.5 Å². The smallest absolute Gasteiger partial charge is 0.325 e. The molecule has 3 fully saturated rings. The number of benzene rings is 1. The summed E-state index contributed by atoms with van der Waals surface area (Å²) < 4.78 is 0. The zero-order chi connectivity index (χ0) is 21.8. The number of nitrogens with zero attached hydrogens (tertiary/aromatic N) is 1. The van der Waals surface area contributed by atoms with E-state index in [-0.39, 0.29) is 24.8 Å². The van der Waals surface area contributed by atoms with Crippen LogP contribution in [0.15, 0.2) is 35.9 Å². The Morgan fingerprint density at radius 3 is 2.87 bits per heavy atom. The molecule has 3 aliphatic carbocycles. The molecular formula is C24H28ClN3O3. The van der Waals surface area contributed by atoms with Crippen LogP contribution in [0.1, 0.15) is 51.0 Å². The van der Waals surface area contributed by atoms with Crippen LogP contribution < -0.4 is 10.6 Å². The fourth-order valence-corrected chi connectivity index (χ4v) is 6.34. The Labute approximate surface area is 187 Å². The predicted octanol–water partition coefficient (Wildman–Crippen LogP) is 3.79. The van der Waals surface area contributed by atoms with E-state index in [0.717, 1.165) is 29.2 Å². The Kier molecular flexibility index (Phi) is 5.08. The highest BCUT2D eigenvalue weighted by molar-refractivity contribution is 6.31. The number of carbonyl (C=O) groups is 3. The first-order valence-corrected chi connectivity index (χ1v) is 11.6. The number of nitrogens with one attached hydrogen (secondary N) is 2. The standard InChI is InChI=1S/C24H28ClN3O3/c1-24(11-14-8-16-10-17(12-24)18(16)9-14)27-23(31)28-20(6-7-21(28)29)22(30)26-13-15-4-2-3-5-19(15)25/h2-5,12,14,16,18,20H,6-11,13H2,1H3,(H,26,30)(H,27,31)/t14?,16?,18?,20-,24?/m0/s1. The fourth-order valence-electron chi connectivity index (χ4n) is 6.13. The largest absolute Gasteiger partial charge is 0.350 e. The van der Waals surface area contributed by atoms with Gasteiger partial charge in [0, 0.05) is 18.0 Å². The molecule has 164 valence electrons. The number of likely N-dealkylation sites (tertiary alicyclic amines) is 1. The monoisotopic (exact) mass is 441 g/mol. The zero-order valence-electron chi connectivity index (χ0n) is 17.7. The minimum atomic E-state index is -0.790. The Hall–Kier alpha value is -2.34. The number of halogens is 1. The molecule has 0 spiro atoms. The molecule has 4 aliphatic rings. The van der Waals surface area contributed by atoms with Gasteiger partial charge in [-0.05, 0) is 68.4 Å². The van der Waals surface area contributed by atoms with Crippen LogP contribution in [0.3, 0.4) is 0 Å². The first-order chi connectivity index (χ1) is 14.8. The maximum Gasteiger partial charge on any atom is 0.325 e. The van der Waals surface area contributed by atoms with Gasteiger partial charge in [0.2, 0.25) is 11.8 Å². The Morgan fingerprint density at radius 1 is 1.26 bits per heavy atom. The molecule has 2 bridgehead atoms. The summed E-state index contributed by atoms with van der Waals surface area (Å²) in [5.74, 6) is 1.51. The number of allylic oxidation sites excluding steroid dienone is 1. The van der Waals surface area contributed by atoms with E-state index in [4.69, 9.17) is 11.6 Å². The number of carbonyl (C=O) groups excluding carboxylic acids is 3. The number of fused-ring (bicyclic) bond motifs is 1. The van der Waals surface area contributed by atoms with Gasteiger partial charge in [-0.15, -0.1) is 0 Å². The van der Waals surface area contributed by atoms with E-state index >= 15 is 0 Å². The lowest BCUT2D eigenvalue weighted by molar-refractivity contribution is -0.132. The molecule has 5 atom stereocenters. The van der Waals surface area contributed by atoms with Gasteiger partial charge in [0.1, 0.15) is 6.04 Å². The van der Waals surface area contributed by atoms with Crippen molar-refractivity contribution in [2.75, 3.05) is 0 Å². The Morgan fingerprint density at radius 2 is 2.06 bits per heavy atom. The van der Waals surface area contributed by atoms with Gasteiger partial charge in [-0.1, -0.05) is 41.4 Å². The molecule has 0 aromatic heterocycles. The molecule has 2 N–H and O–H groups in total. The second-order valence-electron chi connectivity index (χ2n) is 9.81. The SMILES string of the molecule is CC1(NC(=O)N2C(=O)CC[C@H]2C(=O)NCc2ccccc2Cl)C=C2CC3CC(CC23)C1. The number of imide groups is 1. The molecule has 4 unspecified atom stereocenters. The normalized spacial score (nSPS) is 33.4. The fraction of sp³-hybridized carbons (Fsp3) is 0.542. The van der Waals surface area contributed by atoms with Crippen LogP contribution in [0.4, 0.5) is 4.79 Å². The molecule has 1 aliphatic heterocycles. The van der Waals surface area contributed by atoms with E-state index in [1.807, 2.05) is 25.1 Å². The van der Waals surface area contributed by atoms with Crippen molar-refractivity contribution < 1.29 is 14.4 Å². The highest BCUT2D eigenvalue weighted by Crippen LogP contribution is 2.57. The van der Waals surface area contributed by atoms with Gasteiger partial charge < -0.3 is 10.6 Å². The highest BCUT2D eigenvalue weighted by Gasteiger charge is 2.50. The molecule has 0 radical (unpaired) electrons. The average Bonchev–Trinajstić information content (AvgIpc) is 3.21. The van der Waals surface area contributed by atoms with E-state index in [0.29, 0.717) is 23.3 Å². The van der Waals surface area contributed by atoms with E-state index in [9.17, 15) is 14.4 Å². The van der Waals surface area contributed by atoms with Gasteiger partial charge in [0.25, 0.3) is 0 Å². The number of amides is 4. The van der Waals surface area contributed by atoms with Crippen molar-refractivity contribution >= 4 is 29.4 Å². The zero-order valence-corrected chi connectivity index (χ0v) is 18.5. The van der Waals surface area contributed by atoms with E-state index in [2.05, 4.69) is 16.7 Å². The van der Waals surface area contributed by atoms with E-state index in [1.165, 1.54) is 18.4 Å². The van der Waals surface area contributed by atoms with Crippen LogP contribution in [0.5, 0.6) is 0 Å². The summed E-state index contributed by atoms with van der Waals surface area (Å²) in [6.45, 7) is 2.30. The number of hydrogen-bond donors (Lipinski definition) is 2. The molecular weight excluding hydrogens is 414 g/mol. The van der Waals surface area contributed by atoms with Crippen LogP contribution >= 0.6 is 11.6 Å². The molecule has 2 saturated carbocycles. The first kappa shape index (κ1) is 20.6. The van der Waals surface area contributed by atoms with Gasteiger partial charge in [0.15, 0.2) is 0 Å². The van der Waals surface area contributed by atoms with Crippen molar-refractivity contribution in [3.05, 3.63) is 46.5 Å². The number of urea groups is 1. The lowest BCUT2D eigenvalue weighted by atomic mass is 9.69. The maximum atomic E-state index is 13.2. The van der Waals surface area contributed by atoms with Crippen molar-refractivity contribution in [3.8, 4) is 0 Å². The van der Waals surface area contributed by atoms with Gasteiger partial charge in [-0.25, -0.2) is 4.79 Å². The quantitative estimate of drug-likeness (QED) is 0.697. The van der Waals surface area contributed by atoms with E-state index in [1.54, 1.807) is 6.07 Å². The van der Waals surface area contributed by atoms with Crippen molar-refractivity contribution in [2.24, 2.45) is 17.8 Å². The Bertz CT molecular complexity index is 977. The second-order valence-corrected chi connectivity index (χ2v) is 10.2. The predicted molar refractivity (Wildman–Crippen MR) is 117 cm³/mol. The highest BCUT2D eigenvalue weighted by atomic mass is 35.5. The summed E-state index contributed by atoms with van der Waals surface area (Å²) in [5.41, 5.74) is 1.78. The van der Waals surface area contributed by atoms with Crippen molar-refractivity contribution in [2.45, 2.75) is 63.6 Å². The Balaban J connectivity index is 1.27. The van der Waals surface area contributed by atoms with Gasteiger partial charge in [0.05, 0.1) is 5.54 Å². The molecule has 7 heteroatoms. The minimum absolute atomic E-state index is 0.196. The third-order valence-corrected chi connectivity index (χ3v) is 7.89. The summed E-state index contributed by atoms with van der Waals surface area (Å²) >= 11 is 6.16. The van der Waals surface area contributed by atoms with Gasteiger partial charge in [-0.2, -0.15) is 0 Å². The van der Waals surface area contributed by atoms with Crippen LogP contribution in [-0.2, 0) is 16.1 Å². The molecule has 4 amide bonds. The van der Waals surface area contributed by atoms with Crippen LogP contribution in [0.25, 0.3) is 0 Å². The lowest BCUT2D eigenvalue weighted by Crippen LogP contribution is -2.56. The summed E-state index contributed by atoms with van der Waals surface area (Å²) in [4.78, 5) is 39.7. The molecule has 1 saturated heterocycles. The summed E-state index contributed by atoms with van der Waals surface area (Å²) in [7, 11) is 0. The van der Waals surface area contributed by atoms with Crippen LogP contribution in [0, 0.1) is 17.8 Å². The average molecular weight is 442 g/mol. The molecule has 1 heterocycles. The van der Waals surface area contributed by atoms with Gasteiger partial charge in [-0.3, -0.25) is 14.5 Å². The van der Waals surface area contributed by atoms with Crippen molar-refractivity contribution in [3.63, 3.8) is 0 Å². The summed E-state index contributed by atoms with van der Waals surface area (Å²) in [5, 5.41) is 6.51. The maximum absolute atomic E-state index is 13.2. The third-order valence-electron chi connectivity index (χ3n) is 7.52. The summed E-state index contributed by atoms with van der Waals surface area (Å²) in [6, 6.07) is 6.03. The van der Waals surface area contributed by atoms with Crippen molar-refractivity contribution in [1.29, 1.82) is 0 Å². The third kappa shape index (κ3) is 3.75. The second kappa shape index (κ2) is 7.66. The molecule has 5 rings (SSSR count). The molecule has 1 aromatic rings. The van der Waals surface area contributed by atoms with Gasteiger partial charge >= 0.3 is 6.03 Å². The minimum Gasteiger partial charge on any atom is -0.350 e. The topological polar surface area (TPSA) is 78.5 Å².